The van der Waals surface area contributed by atoms with E-state index in [-0.39, 0.29) is 34.6 Å². The Balaban J connectivity index is 1.66. The number of carbonyl (C=O) groups excluding carboxylic acids is 2. The van der Waals surface area contributed by atoms with Gasteiger partial charge in [0.2, 0.25) is 5.91 Å². The maximum Gasteiger partial charge on any atom is 0.262 e. The highest BCUT2D eigenvalue weighted by Crippen LogP contribution is 2.36. The van der Waals surface area contributed by atoms with Crippen LogP contribution in [-0.4, -0.2) is 32.6 Å². The van der Waals surface area contributed by atoms with Gasteiger partial charge in [0.05, 0.1) is 21.4 Å². The van der Waals surface area contributed by atoms with Crippen molar-refractivity contribution in [1.29, 1.82) is 0 Å². The first-order valence-electron chi connectivity index (χ1n) is 9.04. The lowest BCUT2D eigenvalue weighted by Crippen LogP contribution is -2.25. The number of amides is 2. The molecule has 0 atom stereocenters. The van der Waals surface area contributed by atoms with Gasteiger partial charge in [0.15, 0.2) is 16.4 Å². The number of fused-ring (bicyclic) bond motifs is 1. The predicted molar refractivity (Wildman–Crippen MR) is 111 cm³/mol. The van der Waals surface area contributed by atoms with E-state index >= 15 is 0 Å². The zero-order valence-electron chi connectivity index (χ0n) is 16.0. The Morgan fingerprint density at radius 2 is 1.93 bits per heavy atom. The highest BCUT2D eigenvalue weighted by Gasteiger charge is 2.25. The van der Waals surface area contributed by atoms with E-state index < -0.39 is 21.5 Å². The molecule has 154 valence electrons. The van der Waals surface area contributed by atoms with Crippen LogP contribution < -0.4 is 15.4 Å². The second-order valence-corrected chi connectivity index (χ2v) is 9.49. The van der Waals surface area contributed by atoms with Gasteiger partial charge in [-0.05, 0) is 29.7 Å². The molecule has 2 aromatic rings. The quantitative estimate of drug-likeness (QED) is 0.720. The van der Waals surface area contributed by atoms with Gasteiger partial charge in [-0.1, -0.05) is 37.6 Å². The smallest absolute Gasteiger partial charge is 0.262 e. The summed E-state index contributed by atoms with van der Waals surface area (Å²) < 4.78 is 30.6. The van der Waals surface area contributed by atoms with Crippen molar-refractivity contribution >= 4 is 44.6 Å². The standard InChI is InChI=1S/C20H21ClN2O5S/c1-12(2)13-3-5-14(6-4-13)22-19(24)7-8-29(26,27)18-10-17-16(9-15(18)21)23-20(25)11-28-17/h3-6,9-10,12H,7-8,11H2,1-2H3,(H,22,24)(H,23,25). The van der Waals surface area contributed by atoms with Crippen LogP contribution >= 0.6 is 11.6 Å². The monoisotopic (exact) mass is 436 g/mol. The molecular formula is C20H21ClN2O5S. The number of anilines is 2. The van der Waals surface area contributed by atoms with Gasteiger partial charge >= 0.3 is 0 Å². The third kappa shape index (κ3) is 5.07. The highest BCUT2D eigenvalue weighted by atomic mass is 35.5. The molecule has 0 unspecified atom stereocenters. The van der Waals surface area contributed by atoms with Gasteiger partial charge in [0.1, 0.15) is 5.75 Å². The topological polar surface area (TPSA) is 102 Å². The van der Waals surface area contributed by atoms with Gasteiger partial charge < -0.3 is 15.4 Å². The molecule has 0 radical (unpaired) electrons. The van der Waals surface area contributed by atoms with Gasteiger partial charge in [-0.3, -0.25) is 9.59 Å². The molecule has 0 saturated heterocycles. The number of hydrogen-bond acceptors (Lipinski definition) is 5. The molecule has 1 heterocycles. The number of carbonyl (C=O) groups is 2. The predicted octanol–water partition coefficient (Wildman–Crippen LogP) is 3.60. The van der Waals surface area contributed by atoms with E-state index in [9.17, 15) is 18.0 Å². The van der Waals surface area contributed by atoms with E-state index in [0.717, 1.165) is 5.56 Å². The largest absolute Gasteiger partial charge is 0.482 e. The van der Waals surface area contributed by atoms with Gasteiger partial charge in [-0.25, -0.2) is 8.42 Å². The molecular weight excluding hydrogens is 416 g/mol. The molecule has 0 fully saturated rings. The lowest BCUT2D eigenvalue weighted by atomic mass is 10.0. The van der Waals surface area contributed by atoms with Crippen LogP contribution in [0.3, 0.4) is 0 Å². The fourth-order valence-corrected chi connectivity index (χ4v) is 4.66. The maximum atomic E-state index is 12.7. The molecule has 1 aliphatic rings. The lowest BCUT2D eigenvalue weighted by molar-refractivity contribution is -0.118. The summed E-state index contributed by atoms with van der Waals surface area (Å²) in [6.45, 7) is 3.94. The molecule has 2 N–H and O–H groups in total. The normalized spacial score (nSPS) is 13.4. The molecule has 0 saturated carbocycles. The van der Waals surface area contributed by atoms with E-state index in [4.69, 9.17) is 16.3 Å². The number of ether oxygens (including phenoxy) is 1. The second kappa shape index (κ2) is 8.42. The Morgan fingerprint density at radius 3 is 2.59 bits per heavy atom. The van der Waals surface area contributed by atoms with Gasteiger partial charge in [-0.2, -0.15) is 0 Å². The van der Waals surface area contributed by atoms with Crippen LogP contribution in [0, 0.1) is 0 Å². The third-order valence-corrected chi connectivity index (χ3v) is 6.64. The molecule has 0 spiro atoms. The van der Waals surface area contributed by atoms with Crippen molar-refractivity contribution in [3.63, 3.8) is 0 Å². The first kappa shape index (κ1) is 21.1. The summed E-state index contributed by atoms with van der Waals surface area (Å²) in [7, 11) is -3.83. The summed E-state index contributed by atoms with van der Waals surface area (Å²) >= 11 is 6.09. The maximum absolute atomic E-state index is 12.7. The minimum atomic E-state index is -3.83. The molecule has 2 aromatic carbocycles. The minimum Gasteiger partial charge on any atom is -0.482 e. The van der Waals surface area contributed by atoms with Crippen molar-refractivity contribution in [3.8, 4) is 5.75 Å². The lowest BCUT2D eigenvalue weighted by Gasteiger charge is -2.19. The van der Waals surface area contributed by atoms with Gasteiger partial charge in [0, 0.05) is 18.2 Å². The van der Waals surface area contributed by atoms with E-state index in [1.165, 1.54) is 12.1 Å². The molecule has 3 rings (SSSR count). The van der Waals surface area contributed by atoms with Crippen molar-refractivity contribution in [1.82, 2.24) is 0 Å². The Hall–Kier alpha value is -2.58. The number of nitrogens with one attached hydrogen (secondary N) is 2. The van der Waals surface area contributed by atoms with Crippen molar-refractivity contribution in [2.24, 2.45) is 0 Å². The number of benzene rings is 2. The van der Waals surface area contributed by atoms with Crippen LogP contribution in [0.15, 0.2) is 41.3 Å². The molecule has 0 aliphatic carbocycles. The van der Waals surface area contributed by atoms with Gasteiger partial charge in [0.25, 0.3) is 5.91 Å². The number of hydrogen-bond donors (Lipinski definition) is 2. The highest BCUT2D eigenvalue weighted by molar-refractivity contribution is 7.91. The van der Waals surface area contributed by atoms with E-state index in [0.29, 0.717) is 17.3 Å². The Kier molecular flexibility index (Phi) is 6.14. The van der Waals surface area contributed by atoms with E-state index in [2.05, 4.69) is 24.5 Å². The SMILES string of the molecule is CC(C)c1ccc(NC(=O)CCS(=O)(=O)c2cc3c(cc2Cl)NC(=O)CO3)cc1. The molecule has 0 bridgehead atoms. The summed E-state index contributed by atoms with van der Waals surface area (Å²) in [6.07, 6.45) is -0.223. The summed E-state index contributed by atoms with van der Waals surface area (Å²) in [6, 6.07) is 10.0. The van der Waals surface area contributed by atoms with E-state index in [1.807, 2.05) is 12.1 Å². The minimum absolute atomic E-state index is 0.0424. The molecule has 29 heavy (non-hydrogen) atoms. The van der Waals surface area contributed by atoms with Crippen LogP contribution in [0.1, 0.15) is 31.7 Å². The summed E-state index contributed by atoms with van der Waals surface area (Å²) in [4.78, 5) is 23.4. The summed E-state index contributed by atoms with van der Waals surface area (Å²) in [5, 5.41) is 5.21. The van der Waals surface area contributed by atoms with Crippen molar-refractivity contribution in [2.45, 2.75) is 31.1 Å². The number of halogens is 1. The van der Waals surface area contributed by atoms with Crippen molar-refractivity contribution in [2.75, 3.05) is 23.0 Å². The van der Waals surface area contributed by atoms with Gasteiger partial charge in [-0.15, -0.1) is 0 Å². The van der Waals surface area contributed by atoms with Crippen LogP contribution in [0.5, 0.6) is 5.75 Å². The second-order valence-electron chi connectivity index (χ2n) is 7.01. The summed E-state index contributed by atoms with van der Waals surface area (Å²) in [5.41, 5.74) is 2.06. The Bertz CT molecular complexity index is 1050. The van der Waals surface area contributed by atoms with Crippen LogP contribution in [0.4, 0.5) is 11.4 Å². The average molecular weight is 437 g/mol. The Labute approximate surface area is 174 Å². The first-order chi connectivity index (χ1) is 13.7. The first-order valence-corrected chi connectivity index (χ1v) is 11.1. The number of rotatable bonds is 6. The molecule has 2 amide bonds. The van der Waals surface area contributed by atoms with Crippen LogP contribution in [0.2, 0.25) is 5.02 Å². The van der Waals surface area contributed by atoms with E-state index in [1.54, 1.807) is 12.1 Å². The van der Waals surface area contributed by atoms with Crippen LogP contribution in [-0.2, 0) is 19.4 Å². The fourth-order valence-electron chi connectivity index (χ4n) is 2.83. The van der Waals surface area contributed by atoms with Crippen LogP contribution in [0.25, 0.3) is 0 Å². The molecule has 7 nitrogen and oxygen atoms in total. The average Bonchev–Trinajstić information content (AvgIpc) is 2.66. The molecule has 9 heteroatoms. The molecule has 1 aliphatic heterocycles. The third-order valence-electron chi connectivity index (χ3n) is 4.46. The fraction of sp³-hybridized carbons (Fsp3) is 0.300. The Morgan fingerprint density at radius 1 is 1.24 bits per heavy atom. The zero-order chi connectivity index (χ0) is 21.2. The van der Waals surface area contributed by atoms with Crippen molar-refractivity contribution < 1.29 is 22.7 Å². The van der Waals surface area contributed by atoms with Crippen molar-refractivity contribution in [3.05, 3.63) is 47.0 Å². The summed E-state index contributed by atoms with van der Waals surface area (Å²) in [5.74, 6) is -0.565. The molecule has 0 aromatic heterocycles. The zero-order valence-corrected chi connectivity index (χ0v) is 17.6. The number of sulfone groups is 1.